The standard InChI is InChI=1S/C4H9OS/c1-3-6-4(2)5/h4-5H,1,3H2,2H3. The summed E-state index contributed by atoms with van der Waals surface area (Å²) in [4.78, 5) is 0. The summed E-state index contributed by atoms with van der Waals surface area (Å²) in [5.41, 5.74) is -0.248. The first-order valence-corrected chi connectivity index (χ1v) is 2.91. The molecule has 1 N–H and O–H groups in total. The van der Waals surface area contributed by atoms with E-state index in [0.29, 0.717) is 0 Å². The molecule has 0 heterocycles. The molecule has 1 unspecified atom stereocenters. The van der Waals surface area contributed by atoms with Crippen molar-refractivity contribution in [2.75, 3.05) is 5.75 Å². The van der Waals surface area contributed by atoms with Crippen LogP contribution in [-0.4, -0.2) is 16.3 Å². The van der Waals surface area contributed by atoms with Gasteiger partial charge in [0.1, 0.15) is 0 Å². The summed E-state index contributed by atoms with van der Waals surface area (Å²) in [5, 5.41) is 8.48. The van der Waals surface area contributed by atoms with E-state index < -0.39 is 0 Å². The number of hydrogen-bond donors (Lipinski definition) is 1. The molecule has 1 atom stereocenters. The van der Waals surface area contributed by atoms with Gasteiger partial charge in [0.05, 0.1) is 5.44 Å². The Morgan fingerprint density at radius 1 is 2.00 bits per heavy atom. The highest BCUT2D eigenvalue weighted by molar-refractivity contribution is 7.99. The molecule has 0 aliphatic rings. The third kappa shape index (κ3) is 4.31. The normalized spacial score (nSPS) is 14.5. The molecule has 0 aliphatic carbocycles. The number of thioether (sulfide) groups is 1. The maximum absolute atomic E-state index is 8.48. The molecule has 37 valence electrons. The molecule has 1 nitrogen and oxygen atoms in total. The summed E-state index contributed by atoms with van der Waals surface area (Å²) in [7, 11) is 0. The van der Waals surface area contributed by atoms with Gasteiger partial charge in [-0.15, -0.1) is 11.8 Å². The fourth-order valence-electron chi connectivity index (χ4n) is 0.171. The van der Waals surface area contributed by atoms with Crippen LogP contribution in [0.4, 0.5) is 0 Å². The van der Waals surface area contributed by atoms with Crippen LogP contribution < -0.4 is 0 Å². The second kappa shape index (κ2) is 3.50. The molecular formula is C4H9OS. The number of aliphatic hydroxyl groups excluding tert-OH is 1. The lowest BCUT2D eigenvalue weighted by molar-refractivity contribution is 0.284. The Kier molecular flexibility index (Phi) is 3.68. The number of aliphatic hydroxyl groups is 1. The Labute approximate surface area is 42.8 Å². The summed E-state index contributed by atoms with van der Waals surface area (Å²) < 4.78 is 0. The van der Waals surface area contributed by atoms with E-state index in [1.807, 2.05) is 0 Å². The van der Waals surface area contributed by atoms with Gasteiger partial charge in [0.2, 0.25) is 0 Å². The van der Waals surface area contributed by atoms with Gasteiger partial charge in [-0.3, -0.25) is 0 Å². The van der Waals surface area contributed by atoms with E-state index in [1.165, 1.54) is 11.8 Å². The van der Waals surface area contributed by atoms with Gasteiger partial charge in [0.25, 0.3) is 0 Å². The Balaban J connectivity index is 2.63. The van der Waals surface area contributed by atoms with Crippen molar-refractivity contribution in [2.45, 2.75) is 12.4 Å². The molecule has 0 amide bonds. The van der Waals surface area contributed by atoms with Crippen LogP contribution in [-0.2, 0) is 0 Å². The van der Waals surface area contributed by atoms with E-state index in [1.54, 1.807) is 6.92 Å². The highest BCUT2D eigenvalue weighted by atomic mass is 32.2. The van der Waals surface area contributed by atoms with E-state index in [9.17, 15) is 0 Å². The van der Waals surface area contributed by atoms with Crippen molar-refractivity contribution >= 4 is 11.8 Å². The predicted molar refractivity (Wildman–Crippen MR) is 29.5 cm³/mol. The third-order valence-corrected chi connectivity index (χ3v) is 1.08. The van der Waals surface area contributed by atoms with Crippen LogP contribution >= 0.6 is 11.8 Å². The van der Waals surface area contributed by atoms with Crippen LogP contribution in [0.2, 0.25) is 0 Å². The molecule has 1 radical (unpaired) electrons. The second-order valence-corrected chi connectivity index (χ2v) is 2.39. The molecule has 2 heteroatoms. The zero-order valence-corrected chi connectivity index (χ0v) is 4.66. The maximum atomic E-state index is 8.48. The summed E-state index contributed by atoms with van der Waals surface area (Å²) >= 11 is 1.43. The molecule has 0 aromatic rings. The van der Waals surface area contributed by atoms with E-state index in [-0.39, 0.29) is 5.44 Å². The lowest BCUT2D eigenvalue weighted by Crippen LogP contribution is -1.90. The third-order valence-electron chi connectivity index (χ3n) is 0.359. The Bertz CT molecular complexity index is 28.7. The maximum Gasteiger partial charge on any atom is 0.0964 e. The average Bonchev–Trinajstić information content (AvgIpc) is 1.35. The first-order chi connectivity index (χ1) is 2.77. The van der Waals surface area contributed by atoms with Gasteiger partial charge in [-0.2, -0.15) is 0 Å². The Morgan fingerprint density at radius 3 is 2.50 bits per heavy atom. The lowest BCUT2D eigenvalue weighted by atomic mass is 10.9. The molecule has 0 bridgehead atoms. The minimum atomic E-state index is -0.248. The Morgan fingerprint density at radius 2 is 2.50 bits per heavy atom. The van der Waals surface area contributed by atoms with E-state index >= 15 is 0 Å². The quantitative estimate of drug-likeness (QED) is 0.526. The molecule has 0 aromatic carbocycles. The van der Waals surface area contributed by atoms with Crippen molar-refractivity contribution in [3.05, 3.63) is 6.92 Å². The summed E-state index contributed by atoms with van der Waals surface area (Å²) in [6, 6.07) is 0. The van der Waals surface area contributed by atoms with Crippen molar-refractivity contribution in [3.8, 4) is 0 Å². The predicted octanol–water partition coefficient (Wildman–Crippen LogP) is 0.892. The van der Waals surface area contributed by atoms with E-state index in [4.69, 9.17) is 5.11 Å². The van der Waals surface area contributed by atoms with Crippen molar-refractivity contribution < 1.29 is 5.11 Å². The van der Waals surface area contributed by atoms with Gasteiger partial charge in [0, 0.05) is 0 Å². The smallest absolute Gasteiger partial charge is 0.0964 e. The summed E-state index contributed by atoms with van der Waals surface area (Å²) in [6.45, 7) is 5.26. The molecule has 0 aliphatic heterocycles. The topological polar surface area (TPSA) is 20.2 Å². The van der Waals surface area contributed by atoms with Crippen molar-refractivity contribution in [1.82, 2.24) is 0 Å². The first-order valence-electron chi connectivity index (χ1n) is 1.86. The van der Waals surface area contributed by atoms with E-state index in [0.717, 1.165) is 5.75 Å². The largest absolute Gasteiger partial charge is 0.383 e. The highest BCUT2D eigenvalue weighted by Crippen LogP contribution is 2.03. The molecule has 0 saturated heterocycles. The Hall–Kier alpha value is 0.310. The highest BCUT2D eigenvalue weighted by Gasteiger charge is 1.87. The molecule has 6 heavy (non-hydrogen) atoms. The van der Waals surface area contributed by atoms with Gasteiger partial charge < -0.3 is 5.11 Å². The number of hydrogen-bond acceptors (Lipinski definition) is 2. The van der Waals surface area contributed by atoms with Crippen molar-refractivity contribution in [2.24, 2.45) is 0 Å². The minimum Gasteiger partial charge on any atom is -0.383 e. The van der Waals surface area contributed by atoms with Crippen LogP contribution in [0.15, 0.2) is 0 Å². The average molecular weight is 105 g/mol. The lowest BCUT2D eigenvalue weighted by Gasteiger charge is -1.95. The zero-order valence-electron chi connectivity index (χ0n) is 3.85. The molecule has 0 aromatic heterocycles. The fraction of sp³-hybridized carbons (Fsp3) is 0.750. The van der Waals surface area contributed by atoms with Crippen LogP contribution in [0.5, 0.6) is 0 Å². The molecule has 0 fully saturated rings. The first kappa shape index (κ1) is 6.31. The zero-order chi connectivity index (χ0) is 4.99. The van der Waals surface area contributed by atoms with Crippen LogP contribution in [0.25, 0.3) is 0 Å². The molecule has 0 saturated carbocycles. The molecule has 0 spiro atoms. The SMILES string of the molecule is [CH2]CSC(C)O. The van der Waals surface area contributed by atoms with Crippen LogP contribution in [0.1, 0.15) is 6.92 Å². The summed E-state index contributed by atoms with van der Waals surface area (Å²) in [6.07, 6.45) is 0. The van der Waals surface area contributed by atoms with Crippen molar-refractivity contribution in [3.63, 3.8) is 0 Å². The van der Waals surface area contributed by atoms with Gasteiger partial charge in [-0.25, -0.2) is 0 Å². The minimum absolute atomic E-state index is 0.248. The van der Waals surface area contributed by atoms with Gasteiger partial charge in [-0.1, -0.05) is 0 Å². The van der Waals surface area contributed by atoms with Gasteiger partial charge >= 0.3 is 0 Å². The fourth-order valence-corrected chi connectivity index (χ4v) is 0.512. The monoisotopic (exact) mass is 105 g/mol. The van der Waals surface area contributed by atoms with Gasteiger partial charge in [-0.05, 0) is 19.6 Å². The van der Waals surface area contributed by atoms with Gasteiger partial charge in [0.15, 0.2) is 0 Å². The van der Waals surface area contributed by atoms with Crippen molar-refractivity contribution in [1.29, 1.82) is 0 Å². The second-order valence-electron chi connectivity index (χ2n) is 0.970. The molecular weight excluding hydrogens is 96.1 g/mol. The van der Waals surface area contributed by atoms with Crippen LogP contribution in [0, 0.1) is 6.92 Å². The summed E-state index contributed by atoms with van der Waals surface area (Å²) in [5.74, 6) is 0.748. The van der Waals surface area contributed by atoms with Crippen LogP contribution in [0.3, 0.4) is 0 Å². The van der Waals surface area contributed by atoms with E-state index in [2.05, 4.69) is 6.92 Å². The number of rotatable bonds is 2. The molecule has 0 rings (SSSR count).